The van der Waals surface area contributed by atoms with E-state index in [2.05, 4.69) is 10.3 Å². The topological polar surface area (TPSA) is 79.3 Å². The Labute approximate surface area is 151 Å². The summed E-state index contributed by atoms with van der Waals surface area (Å²) in [4.78, 5) is 28.5. The molecule has 0 unspecified atom stereocenters. The molecule has 1 heterocycles. The summed E-state index contributed by atoms with van der Waals surface area (Å²) in [5.41, 5.74) is 3.86. The number of nitrogens with zero attached hydrogens (tertiary/aromatic N) is 1. The molecule has 0 aliphatic carbocycles. The molecule has 1 aromatic heterocycles. The summed E-state index contributed by atoms with van der Waals surface area (Å²) in [7, 11) is 0. The van der Waals surface area contributed by atoms with Crippen molar-refractivity contribution in [3.8, 4) is 0 Å². The van der Waals surface area contributed by atoms with Gasteiger partial charge in [-0.2, -0.15) is 0 Å². The quantitative estimate of drug-likeness (QED) is 0.742. The average Bonchev–Trinajstić information content (AvgIpc) is 2.63. The molecule has 0 aliphatic heterocycles. The lowest BCUT2D eigenvalue weighted by atomic mass is 9.96. The van der Waals surface area contributed by atoms with Crippen LogP contribution in [0, 0.1) is 13.8 Å². The Kier molecular flexibility index (Phi) is 4.98. The molecule has 1 atom stereocenters. The molecule has 0 spiro atoms. The standard InChI is InChI=1S/C21H20N2O3/c1-13-6-5-7-14(2)16(13)12-19(21(25)26)23-20(24)18-11-10-15-8-3-4-9-17(15)22-18/h3-11,19H,12H2,1-2H3,(H,23,24)(H,25,26)/t19-/m0/s1. The zero-order chi connectivity index (χ0) is 18.7. The van der Waals surface area contributed by atoms with Gasteiger partial charge in [0.1, 0.15) is 11.7 Å². The maximum absolute atomic E-state index is 12.5. The van der Waals surface area contributed by atoms with Crippen LogP contribution in [0.4, 0.5) is 0 Å². The van der Waals surface area contributed by atoms with Gasteiger partial charge in [-0.3, -0.25) is 4.79 Å². The molecule has 0 radical (unpaired) electrons. The van der Waals surface area contributed by atoms with Gasteiger partial charge in [-0.05, 0) is 42.7 Å². The second-order valence-electron chi connectivity index (χ2n) is 6.33. The van der Waals surface area contributed by atoms with Crippen LogP contribution in [-0.4, -0.2) is 28.0 Å². The minimum atomic E-state index is -1.07. The third-order valence-electron chi connectivity index (χ3n) is 4.49. The van der Waals surface area contributed by atoms with E-state index >= 15 is 0 Å². The number of aromatic nitrogens is 1. The largest absolute Gasteiger partial charge is 0.480 e. The predicted molar refractivity (Wildman–Crippen MR) is 100 cm³/mol. The Morgan fingerprint density at radius 3 is 2.38 bits per heavy atom. The summed E-state index contributed by atoms with van der Waals surface area (Å²) >= 11 is 0. The maximum atomic E-state index is 12.5. The number of amides is 1. The molecule has 0 fully saturated rings. The van der Waals surface area contributed by atoms with E-state index in [1.165, 1.54) is 0 Å². The normalized spacial score (nSPS) is 11.9. The molecular weight excluding hydrogens is 328 g/mol. The van der Waals surface area contributed by atoms with Crippen molar-refractivity contribution in [3.05, 3.63) is 77.0 Å². The smallest absolute Gasteiger partial charge is 0.326 e. The van der Waals surface area contributed by atoms with Crippen molar-refractivity contribution in [2.24, 2.45) is 0 Å². The number of benzene rings is 2. The van der Waals surface area contributed by atoms with E-state index in [0.717, 1.165) is 22.1 Å². The van der Waals surface area contributed by atoms with E-state index in [1.807, 2.05) is 56.3 Å². The number of fused-ring (bicyclic) bond motifs is 1. The lowest BCUT2D eigenvalue weighted by Gasteiger charge is -2.17. The van der Waals surface area contributed by atoms with Crippen molar-refractivity contribution in [3.63, 3.8) is 0 Å². The number of pyridine rings is 1. The SMILES string of the molecule is Cc1cccc(C)c1C[C@H](NC(=O)c1ccc2ccccc2n1)C(=O)O. The molecule has 3 aromatic rings. The van der Waals surface area contributed by atoms with Crippen molar-refractivity contribution < 1.29 is 14.7 Å². The summed E-state index contributed by atoms with van der Waals surface area (Å²) in [5, 5.41) is 13.1. The molecule has 0 bridgehead atoms. The Hall–Kier alpha value is -3.21. The van der Waals surface area contributed by atoms with Gasteiger partial charge in [-0.15, -0.1) is 0 Å². The van der Waals surface area contributed by atoms with E-state index in [4.69, 9.17) is 0 Å². The van der Waals surface area contributed by atoms with Gasteiger partial charge in [0.25, 0.3) is 5.91 Å². The molecule has 2 N–H and O–H groups in total. The van der Waals surface area contributed by atoms with Gasteiger partial charge in [0, 0.05) is 11.8 Å². The zero-order valence-corrected chi connectivity index (χ0v) is 14.7. The van der Waals surface area contributed by atoms with E-state index in [-0.39, 0.29) is 12.1 Å². The summed E-state index contributed by atoms with van der Waals surface area (Å²) in [5.74, 6) is -1.56. The van der Waals surface area contributed by atoms with Gasteiger partial charge in [0.05, 0.1) is 5.52 Å². The van der Waals surface area contributed by atoms with Crippen LogP contribution in [0.2, 0.25) is 0 Å². The fourth-order valence-electron chi connectivity index (χ4n) is 3.00. The molecule has 0 saturated heterocycles. The number of hydrogen-bond acceptors (Lipinski definition) is 3. The van der Waals surface area contributed by atoms with E-state index in [1.54, 1.807) is 12.1 Å². The van der Waals surface area contributed by atoms with Gasteiger partial charge in [-0.1, -0.05) is 42.5 Å². The fourth-order valence-corrected chi connectivity index (χ4v) is 3.00. The molecule has 2 aromatic carbocycles. The Balaban J connectivity index is 1.83. The first-order valence-electron chi connectivity index (χ1n) is 8.40. The summed E-state index contributed by atoms with van der Waals surface area (Å²) < 4.78 is 0. The Morgan fingerprint density at radius 2 is 1.69 bits per heavy atom. The minimum Gasteiger partial charge on any atom is -0.480 e. The van der Waals surface area contributed by atoms with Crippen LogP contribution >= 0.6 is 0 Å². The van der Waals surface area contributed by atoms with Crippen LogP contribution in [0.3, 0.4) is 0 Å². The molecule has 26 heavy (non-hydrogen) atoms. The summed E-state index contributed by atoms with van der Waals surface area (Å²) in [6, 6.07) is 15.7. The van der Waals surface area contributed by atoms with Crippen LogP contribution in [0.5, 0.6) is 0 Å². The number of carbonyl (C=O) groups is 2. The van der Waals surface area contributed by atoms with Crippen molar-refractivity contribution >= 4 is 22.8 Å². The molecular formula is C21H20N2O3. The van der Waals surface area contributed by atoms with Gasteiger partial charge in [0.15, 0.2) is 0 Å². The number of nitrogens with one attached hydrogen (secondary N) is 1. The number of hydrogen-bond donors (Lipinski definition) is 2. The molecule has 132 valence electrons. The molecule has 5 heteroatoms. The average molecular weight is 348 g/mol. The highest BCUT2D eigenvalue weighted by atomic mass is 16.4. The number of carboxylic acids is 1. The molecule has 0 saturated carbocycles. The van der Waals surface area contributed by atoms with Crippen molar-refractivity contribution in [2.45, 2.75) is 26.3 Å². The highest BCUT2D eigenvalue weighted by Gasteiger charge is 2.23. The Morgan fingerprint density at radius 1 is 1.00 bits per heavy atom. The molecule has 3 rings (SSSR count). The summed E-state index contributed by atoms with van der Waals surface area (Å²) in [6.07, 6.45) is 0.229. The number of aryl methyl sites for hydroxylation is 2. The first-order chi connectivity index (χ1) is 12.5. The third-order valence-corrected chi connectivity index (χ3v) is 4.49. The number of aliphatic carboxylic acids is 1. The molecule has 1 amide bonds. The van der Waals surface area contributed by atoms with E-state index in [9.17, 15) is 14.7 Å². The van der Waals surface area contributed by atoms with Crippen LogP contribution in [-0.2, 0) is 11.2 Å². The fraction of sp³-hybridized carbons (Fsp3) is 0.190. The van der Waals surface area contributed by atoms with Gasteiger partial charge in [-0.25, -0.2) is 9.78 Å². The second kappa shape index (κ2) is 7.35. The van der Waals surface area contributed by atoms with Crippen LogP contribution in [0.1, 0.15) is 27.2 Å². The van der Waals surface area contributed by atoms with Gasteiger partial charge < -0.3 is 10.4 Å². The van der Waals surface area contributed by atoms with Gasteiger partial charge >= 0.3 is 5.97 Å². The monoisotopic (exact) mass is 348 g/mol. The predicted octanol–water partition coefficient (Wildman–Crippen LogP) is 3.28. The number of carbonyl (C=O) groups excluding carboxylic acids is 1. The van der Waals surface area contributed by atoms with Gasteiger partial charge in [0.2, 0.25) is 0 Å². The zero-order valence-electron chi connectivity index (χ0n) is 14.7. The molecule has 0 aliphatic rings. The lowest BCUT2D eigenvalue weighted by molar-refractivity contribution is -0.139. The van der Waals surface area contributed by atoms with Crippen LogP contribution in [0.15, 0.2) is 54.6 Å². The Bertz CT molecular complexity index is 962. The lowest BCUT2D eigenvalue weighted by Crippen LogP contribution is -2.42. The highest BCUT2D eigenvalue weighted by molar-refractivity contribution is 5.97. The third kappa shape index (κ3) is 3.72. The minimum absolute atomic E-state index is 0.205. The highest BCUT2D eigenvalue weighted by Crippen LogP contribution is 2.16. The van der Waals surface area contributed by atoms with E-state index < -0.39 is 17.9 Å². The second-order valence-corrected chi connectivity index (χ2v) is 6.33. The number of para-hydroxylation sites is 1. The first-order valence-corrected chi connectivity index (χ1v) is 8.40. The first kappa shape index (κ1) is 17.6. The molecule has 5 nitrogen and oxygen atoms in total. The number of rotatable bonds is 5. The number of carboxylic acid groups (broad SMARTS) is 1. The van der Waals surface area contributed by atoms with Crippen LogP contribution in [0.25, 0.3) is 10.9 Å². The van der Waals surface area contributed by atoms with Crippen molar-refractivity contribution in [1.82, 2.24) is 10.3 Å². The van der Waals surface area contributed by atoms with Crippen molar-refractivity contribution in [2.75, 3.05) is 0 Å². The van der Waals surface area contributed by atoms with E-state index in [0.29, 0.717) is 5.52 Å². The van der Waals surface area contributed by atoms with Crippen LogP contribution < -0.4 is 5.32 Å². The maximum Gasteiger partial charge on any atom is 0.326 e. The van der Waals surface area contributed by atoms with Crippen molar-refractivity contribution in [1.29, 1.82) is 0 Å². The summed E-state index contributed by atoms with van der Waals surface area (Å²) in [6.45, 7) is 3.88.